The number of hydrogen-bond acceptors (Lipinski definition) is 4. The van der Waals surface area contributed by atoms with Crippen LogP contribution in [-0.2, 0) is 13.0 Å². The van der Waals surface area contributed by atoms with Gasteiger partial charge in [0.15, 0.2) is 5.58 Å². The minimum atomic E-state index is -0.395. The number of hydrogen-bond donors (Lipinski definition) is 3. The second kappa shape index (κ2) is 7.47. The molecule has 0 spiro atoms. The van der Waals surface area contributed by atoms with Crippen molar-refractivity contribution in [3.8, 4) is 0 Å². The number of urea groups is 1. The lowest BCUT2D eigenvalue weighted by atomic mass is 10.1. The van der Waals surface area contributed by atoms with Crippen LogP contribution in [0, 0.1) is 13.8 Å². The summed E-state index contributed by atoms with van der Waals surface area (Å²) in [4.78, 5) is 23.7. The molecule has 3 rings (SSSR count). The molecule has 0 aliphatic rings. The van der Waals surface area contributed by atoms with Crippen LogP contribution >= 0.6 is 0 Å². The van der Waals surface area contributed by atoms with Crippen molar-refractivity contribution >= 4 is 22.8 Å². The Morgan fingerprint density at radius 2 is 2.15 bits per heavy atom. The molecule has 0 saturated heterocycles. The molecule has 2 amide bonds. The highest BCUT2D eigenvalue weighted by Gasteiger charge is 2.10. The number of H-pyrrole nitrogens is 1. The zero-order valence-electron chi connectivity index (χ0n) is 15.2. The van der Waals surface area contributed by atoms with E-state index in [2.05, 4.69) is 20.8 Å². The molecule has 0 atom stereocenters. The van der Waals surface area contributed by atoms with Crippen LogP contribution in [-0.4, -0.2) is 27.3 Å². The van der Waals surface area contributed by atoms with Crippen LogP contribution in [0.5, 0.6) is 0 Å². The Hall–Kier alpha value is -3.03. The van der Waals surface area contributed by atoms with Gasteiger partial charge in [-0.2, -0.15) is 5.10 Å². The second-order valence-corrected chi connectivity index (χ2v) is 6.19. The van der Waals surface area contributed by atoms with Crippen LogP contribution in [0.15, 0.2) is 27.4 Å². The first-order chi connectivity index (χ1) is 12.5. The molecular weight excluding hydrogens is 334 g/mol. The normalized spacial score (nSPS) is 11.0. The van der Waals surface area contributed by atoms with Gasteiger partial charge in [-0.15, -0.1) is 0 Å². The number of nitrogens with one attached hydrogen (secondary N) is 3. The third kappa shape index (κ3) is 3.63. The standard InChI is InChI=1S/C18H23N5O3/c1-4-23-15-8-7-13(10-16(15)26-18(23)25)20-17(24)19-9-5-6-14-11(2)21-22-12(14)3/h7-8,10H,4-6,9H2,1-3H3,(H,21,22)(H2,19,20,24). The van der Waals surface area contributed by atoms with Gasteiger partial charge in [-0.1, -0.05) is 0 Å². The van der Waals surface area contributed by atoms with Gasteiger partial charge >= 0.3 is 11.8 Å². The molecule has 138 valence electrons. The number of rotatable bonds is 6. The minimum Gasteiger partial charge on any atom is -0.408 e. The predicted molar refractivity (Wildman–Crippen MR) is 99.6 cm³/mol. The van der Waals surface area contributed by atoms with E-state index in [-0.39, 0.29) is 6.03 Å². The van der Waals surface area contributed by atoms with E-state index in [1.807, 2.05) is 20.8 Å². The molecule has 3 aromatic rings. The van der Waals surface area contributed by atoms with E-state index in [0.29, 0.717) is 29.9 Å². The van der Waals surface area contributed by atoms with Crippen molar-refractivity contribution in [2.24, 2.45) is 0 Å². The number of fused-ring (bicyclic) bond motifs is 1. The molecule has 2 aromatic heterocycles. The third-order valence-corrected chi connectivity index (χ3v) is 4.41. The first-order valence-electron chi connectivity index (χ1n) is 8.68. The Labute approximate surface area is 150 Å². The van der Waals surface area contributed by atoms with Gasteiger partial charge in [0.1, 0.15) is 0 Å². The molecule has 8 nitrogen and oxygen atoms in total. The highest BCUT2D eigenvalue weighted by atomic mass is 16.4. The molecule has 8 heteroatoms. The number of benzene rings is 1. The van der Waals surface area contributed by atoms with Crippen LogP contribution in [0.4, 0.5) is 10.5 Å². The number of amides is 2. The Bertz CT molecular complexity index is 963. The second-order valence-electron chi connectivity index (χ2n) is 6.19. The molecule has 1 aromatic carbocycles. The minimum absolute atomic E-state index is 0.290. The summed E-state index contributed by atoms with van der Waals surface area (Å²) in [5.74, 6) is -0.395. The van der Waals surface area contributed by atoms with Gasteiger partial charge < -0.3 is 15.1 Å². The molecule has 0 fully saturated rings. The summed E-state index contributed by atoms with van der Waals surface area (Å²) in [5.41, 5.74) is 5.03. The molecular formula is C18H23N5O3. The largest absolute Gasteiger partial charge is 0.419 e. The van der Waals surface area contributed by atoms with Crippen LogP contribution in [0.1, 0.15) is 30.3 Å². The average molecular weight is 357 g/mol. The summed E-state index contributed by atoms with van der Waals surface area (Å²) in [6, 6.07) is 4.88. The van der Waals surface area contributed by atoms with Gasteiger partial charge in [-0.05, 0) is 51.3 Å². The fraction of sp³-hybridized carbons (Fsp3) is 0.389. The zero-order chi connectivity index (χ0) is 18.7. The molecule has 0 saturated carbocycles. The van der Waals surface area contributed by atoms with E-state index in [0.717, 1.165) is 24.2 Å². The van der Waals surface area contributed by atoms with E-state index < -0.39 is 5.76 Å². The Morgan fingerprint density at radius 3 is 2.85 bits per heavy atom. The van der Waals surface area contributed by atoms with E-state index in [1.165, 1.54) is 5.56 Å². The lowest BCUT2D eigenvalue weighted by Crippen LogP contribution is -2.29. The number of aryl methyl sites for hydroxylation is 3. The maximum atomic E-state index is 12.0. The van der Waals surface area contributed by atoms with Gasteiger partial charge in [0.2, 0.25) is 0 Å². The SMILES string of the molecule is CCn1c(=O)oc2cc(NC(=O)NCCCc3c(C)n[nH]c3C)ccc21. The smallest absolute Gasteiger partial charge is 0.408 e. The molecule has 2 heterocycles. The quantitative estimate of drug-likeness (QED) is 0.590. The molecule has 0 bridgehead atoms. The number of oxazole rings is 1. The number of carbonyl (C=O) groups is 1. The topological polar surface area (TPSA) is 105 Å². The van der Waals surface area contributed by atoms with Gasteiger partial charge in [0.05, 0.1) is 11.2 Å². The summed E-state index contributed by atoms with van der Waals surface area (Å²) >= 11 is 0. The summed E-state index contributed by atoms with van der Waals surface area (Å²) in [6.07, 6.45) is 1.68. The van der Waals surface area contributed by atoms with E-state index >= 15 is 0 Å². The molecule has 26 heavy (non-hydrogen) atoms. The van der Waals surface area contributed by atoms with Crippen molar-refractivity contribution in [1.82, 2.24) is 20.1 Å². The highest BCUT2D eigenvalue weighted by Crippen LogP contribution is 2.18. The number of carbonyl (C=O) groups excluding carboxylic acids is 1. The number of aromatic amines is 1. The van der Waals surface area contributed by atoms with E-state index in [1.54, 1.807) is 22.8 Å². The summed E-state index contributed by atoms with van der Waals surface area (Å²) in [5, 5.41) is 12.7. The van der Waals surface area contributed by atoms with Gasteiger partial charge in [-0.25, -0.2) is 9.59 Å². The van der Waals surface area contributed by atoms with Crippen molar-refractivity contribution in [2.45, 2.75) is 40.2 Å². The van der Waals surface area contributed by atoms with Crippen molar-refractivity contribution in [3.63, 3.8) is 0 Å². The summed E-state index contributed by atoms with van der Waals surface area (Å²) < 4.78 is 6.74. The van der Waals surface area contributed by atoms with E-state index in [4.69, 9.17) is 4.42 Å². The van der Waals surface area contributed by atoms with E-state index in [9.17, 15) is 9.59 Å². The van der Waals surface area contributed by atoms with Gasteiger partial charge in [0, 0.05) is 30.5 Å². The summed E-state index contributed by atoms with van der Waals surface area (Å²) in [6.45, 7) is 6.94. The molecule has 0 unspecified atom stereocenters. The Balaban J connectivity index is 1.53. The molecule has 0 radical (unpaired) electrons. The lowest BCUT2D eigenvalue weighted by Gasteiger charge is -2.08. The summed E-state index contributed by atoms with van der Waals surface area (Å²) in [7, 11) is 0. The van der Waals surface area contributed by atoms with Crippen molar-refractivity contribution in [1.29, 1.82) is 0 Å². The van der Waals surface area contributed by atoms with Crippen LogP contribution in [0.25, 0.3) is 11.1 Å². The Morgan fingerprint density at radius 1 is 1.35 bits per heavy atom. The Kier molecular flexibility index (Phi) is 5.11. The molecule has 0 aliphatic carbocycles. The predicted octanol–water partition coefficient (Wildman–Crippen LogP) is 2.71. The average Bonchev–Trinajstić information content (AvgIpc) is 3.09. The molecule has 0 aliphatic heterocycles. The number of anilines is 1. The van der Waals surface area contributed by atoms with Gasteiger partial charge in [0.25, 0.3) is 0 Å². The zero-order valence-corrected chi connectivity index (χ0v) is 15.2. The van der Waals surface area contributed by atoms with Crippen LogP contribution < -0.4 is 16.4 Å². The fourth-order valence-electron chi connectivity index (χ4n) is 3.03. The van der Waals surface area contributed by atoms with Crippen molar-refractivity contribution < 1.29 is 9.21 Å². The van der Waals surface area contributed by atoms with Crippen LogP contribution in [0.3, 0.4) is 0 Å². The first-order valence-corrected chi connectivity index (χ1v) is 8.68. The maximum Gasteiger partial charge on any atom is 0.419 e. The number of nitrogens with zero attached hydrogens (tertiary/aromatic N) is 2. The first kappa shape index (κ1) is 17.8. The monoisotopic (exact) mass is 357 g/mol. The maximum absolute atomic E-state index is 12.0. The van der Waals surface area contributed by atoms with Crippen molar-refractivity contribution in [2.75, 3.05) is 11.9 Å². The highest BCUT2D eigenvalue weighted by molar-refractivity contribution is 5.91. The fourth-order valence-corrected chi connectivity index (χ4v) is 3.03. The number of aromatic nitrogens is 3. The molecule has 3 N–H and O–H groups in total. The van der Waals surface area contributed by atoms with Crippen molar-refractivity contribution in [3.05, 3.63) is 45.7 Å². The lowest BCUT2D eigenvalue weighted by molar-refractivity contribution is 0.252. The third-order valence-electron chi connectivity index (χ3n) is 4.41. The van der Waals surface area contributed by atoms with Gasteiger partial charge in [-0.3, -0.25) is 9.67 Å². The van der Waals surface area contributed by atoms with Crippen LogP contribution in [0.2, 0.25) is 0 Å².